The Morgan fingerprint density at radius 2 is 1.89 bits per heavy atom. The minimum absolute atomic E-state index is 0.0351. The van der Waals surface area contributed by atoms with E-state index in [1.54, 1.807) is 30.7 Å². The van der Waals surface area contributed by atoms with Crippen molar-refractivity contribution in [3.8, 4) is 0 Å². The number of furan rings is 2. The van der Waals surface area contributed by atoms with Gasteiger partial charge in [-0.1, -0.05) is 0 Å². The molecule has 2 amide bonds. The summed E-state index contributed by atoms with van der Waals surface area (Å²) >= 11 is 0. The summed E-state index contributed by atoms with van der Waals surface area (Å²) in [5, 5.41) is 8.71. The van der Waals surface area contributed by atoms with E-state index in [4.69, 9.17) is 18.7 Å². The van der Waals surface area contributed by atoms with E-state index < -0.39 is 24.5 Å². The molecule has 1 N–H and O–H groups in total. The van der Waals surface area contributed by atoms with E-state index in [9.17, 15) is 14.4 Å². The van der Waals surface area contributed by atoms with Crippen molar-refractivity contribution >= 4 is 35.3 Å². The molecular weight excluding hydrogens is 462 g/mol. The van der Waals surface area contributed by atoms with Gasteiger partial charge in [0.25, 0.3) is 5.91 Å². The Morgan fingerprint density at radius 3 is 2.58 bits per heavy atom. The van der Waals surface area contributed by atoms with Gasteiger partial charge in [0, 0.05) is 18.5 Å². The van der Waals surface area contributed by atoms with E-state index in [1.165, 1.54) is 24.1 Å². The number of carbonyl (C=O) groups is 3. The Bertz CT molecular complexity index is 1310. The zero-order valence-corrected chi connectivity index (χ0v) is 19.7. The predicted octanol–water partition coefficient (Wildman–Crippen LogP) is 4.81. The third kappa shape index (κ3) is 4.86. The van der Waals surface area contributed by atoms with Crippen molar-refractivity contribution in [3.63, 3.8) is 0 Å². The largest absolute Gasteiger partial charge is 0.467 e. The number of rotatable bonds is 6. The Kier molecular flexibility index (Phi) is 6.53. The molecule has 2 unspecified atom stereocenters. The highest BCUT2D eigenvalue weighted by molar-refractivity contribution is 6.08. The maximum atomic E-state index is 13.2. The van der Waals surface area contributed by atoms with Crippen LogP contribution >= 0.6 is 0 Å². The number of hydrazone groups is 1. The number of hydrogen-bond donors (Lipinski definition) is 1. The second-order valence-corrected chi connectivity index (χ2v) is 8.70. The van der Waals surface area contributed by atoms with Gasteiger partial charge in [0.15, 0.2) is 6.61 Å². The molecule has 0 spiro atoms. The Morgan fingerprint density at radius 1 is 1.11 bits per heavy atom. The lowest BCUT2D eigenvalue weighted by atomic mass is 9.79. The molecule has 1 fully saturated rings. The van der Waals surface area contributed by atoms with Crippen molar-refractivity contribution in [2.45, 2.75) is 32.2 Å². The molecule has 0 saturated heterocycles. The fraction of sp³-hybridized carbons (Fsp3) is 0.259. The third-order valence-electron chi connectivity index (χ3n) is 6.22. The fourth-order valence-electron chi connectivity index (χ4n) is 4.66. The monoisotopic (exact) mass is 487 g/mol. The van der Waals surface area contributed by atoms with Gasteiger partial charge in [-0.2, -0.15) is 5.10 Å². The summed E-state index contributed by atoms with van der Waals surface area (Å²) < 4.78 is 16.5. The average molecular weight is 488 g/mol. The molecule has 1 aliphatic heterocycles. The van der Waals surface area contributed by atoms with Crippen molar-refractivity contribution in [3.05, 3.63) is 83.7 Å². The van der Waals surface area contributed by atoms with E-state index in [2.05, 4.69) is 5.32 Å². The minimum Gasteiger partial charge on any atom is -0.467 e. The lowest BCUT2D eigenvalue weighted by Gasteiger charge is -2.27. The highest BCUT2D eigenvalue weighted by atomic mass is 16.5. The molecule has 36 heavy (non-hydrogen) atoms. The van der Waals surface area contributed by atoms with Gasteiger partial charge in [0.2, 0.25) is 5.91 Å². The molecule has 2 aliphatic rings. The standard InChI is InChI=1S/C27H25N3O6/c1-17(31)28-20-11-9-18(10-12-20)27(33)36-16-24(32)30-26(23-8-4-14-35-23)22-7-2-5-19(25(22)29-30)15-21-6-3-13-34-21/h3-4,6,8-15,22,26H,2,5,7,16H2,1H3,(H,28,31)/b19-15+. The van der Waals surface area contributed by atoms with Gasteiger partial charge in [0.05, 0.1) is 23.8 Å². The van der Waals surface area contributed by atoms with Gasteiger partial charge in [-0.3, -0.25) is 9.59 Å². The van der Waals surface area contributed by atoms with Crippen LogP contribution in [0.3, 0.4) is 0 Å². The quantitative estimate of drug-likeness (QED) is 0.499. The molecule has 3 heterocycles. The zero-order chi connectivity index (χ0) is 25.1. The number of anilines is 1. The summed E-state index contributed by atoms with van der Waals surface area (Å²) in [6.07, 6.45) is 7.77. The molecule has 1 aliphatic carbocycles. The summed E-state index contributed by atoms with van der Waals surface area (Å²) in [6.45, 7) is 0.932. The van der Waals surface area contributed by atoms with Crippen LogP contribution < -0.4 is 5.32 Å². The first-order chi connectivity index (χ1) is 17.5. The van der Waals surface area contributed by atoms with Crippen LogP contribution in [0.1, 0.15) is 54.1 Å². The van der Waals surface area contributed by atoms with Gasteiger partial charge in [-0.25, -0.2) is 9.80 Å². The lowest BCUT2D eigenvalue weighted by Crippen LogP contribution is -2.34. The number of allylic oxidation sites excluding steroid dienone is 1. The van der Waals surface area contributed by atoms with Crippen LogP contribution in [0.5, 0.6) is 0 Å². The Labute approximate surface area is 207 Å². The minimum atomic E-state index is -0.644. The zero-order valence-electron chi connectivity index (χ0n) is 19.7. The van der Waals surface area contributed by atoms with Gasteiger partial charge in [-0.05, 0) is 79.4 Å². The number of amides is 2. The van der Waals surface area contributed by atoms with E-state index >= 15 is 0 Å². The van der Waals surface area contributed by atoms with Crippen LogP contribution in [0.2, 0.25) is 0 Å². The van der Waals surface area contributed by atoms with E-state index in [0.717, 1.165) is 36.3 Å². The molecule has 9 heteroatoms. The highest BCUT2D eigenvalue weighted by Gasteiger charge is 2.45. The van der Waals surface area contributed by atoms with Crippen molar-refractivity contribution in [1.82, 2.24) is 5.01 Å². The molecular formula is C27H25N3O6. The molecule has 184 valence electrons. The van der Waals surface area contributed by atoms with Gasteiger partial charge in [0.1, 0.15) is 17.6 Å². The molecule has 9 nitrogen and oxygen atoms in total. The fourth-order valence-corrected chi connectivity index (χ4v) is 4.66. The first-order valence-corrected chi connectivity index (χ1v) is 11.7. The number of hydrogen-bond acceptors (Lipinski definition) is 7. The van der Waals surface area contributed by atoms with Crippen molar-refractivity contribution in [2.24, 2.45) is 11.0 Å². The van der Waals surface area contributed by atoms with Crippen molar-refractivity contribution < 1.29 is 28.0 Å². The predicted molar refractivity (Wildman–Crippen MR) is 131 cm³/mol. The summed E-state index contributed by atoms with van der Waals surface area (Å²) in [5.41, 5.74) is 2.67. The second-order valence-electron chi connectivity index (χ2n) is 8.70. The molecule has 1 saturated carbocycles. The number of carbonyl (C=O) groups excluding carboxylic acids is 3. The molecule has 1 aromatic carbocycles. The summed E-state index contributed by atoms with van der Waals surface area (Å²) in [6, 6.07) is 13.1. The summed E-state index contributed by atoms with van der Waals surface area (Å²) in [7, 11) is 0. The molecule has 3 aromatic rings. The van der Waals surface area contributed by atoms with E-state index in [-0.39, 0.29) is 17.4 Å². The molecule has 2 atom stereocenters. The third-order valence-corrected chi connectivity index (χ3v) is 6.22. The van der Waals surface area contributed by atoms with Crippen molar-refractivity contribution in [1.29, 1.82) is 0 Å². The number of nitrogens with one attached hydrogen (secondary N) is 1. The normalized spacial score (nSPS) is 20.1. The van der Waals surface area contributed by atoms with E-state index in [0.29, 0.717) is 11.4 Å². The van der Waals surface area contributed by atoms with E-state index in [1.807, 2.05) is 24.3 Å². The molecule has 0 bridgehead atoms. The average Bonchev–Trinajstić information content (AvgIpc) is 3.63. The van der Waals surface area contributed by atoms with Crippen LogP contribution in [0, 0.1) is 5.92 Å². The van der Waals surface area contributed by atoms with Gasteiger partial charge >= 0.3 is 5.97 Å². The maximum Gasteiger partial charge on any atom is 0.338 e. The van der Waals surface area contributed by atoms with Gasteiger partial charge < -0.3 is 18.9 Å². The van der Waals surface area contributed by atoms with Crippen LogP contribution in [0.4, 0.5) is 5.69 Å². The first-order valence-electron chi connectivity index (χ1n) is 11.7. The summed E-state index contributed by atoms with van der Waals surface area (Å²) in [5.74, 6) is 0.0234. The second kappa shape index (κ2) is 10.1. The molecule has 0 radical (unpaired) electrons. The number of ether oxygens (including phenoxy) is 1. The van der Waals surface area contributed by atoms with Crippen molar-refractivity contribution in [2.75, 3.05) is 11.9 Å². The van der Waals surface area contributed by atoms with Crippen LogP contribution in [-0.4, -0.2) is 35.1 Å². The van der Waals surface area contributed by atoms with Crippen LogP contribution in [-0.2, 0) is 14.3 Å². The SMILES string of the molecule is CC(=O)Nc1ccc(C(=O)OCC(=O)N2N=C3/C(=C/c4ccco4)CCCC3C2c2ccco2)cc1. The summed E-state index contributed by atoms with van der Waals surface area (Å²) in [4.78, 5) is 36.9. The van der Waals surface area contributed by atoms with Gasteiger partial charge in [-0.15, -0.1) is 0 Å². The maximum absolute atomic E-state index is 13.2. The number of esters is 1. The highest BCUT2D eigenvalue weighted by Crippen LogP contribution is 2.44. The number of nitrogens with zero attached hydrogens (tertiary/aromatic N) is 2. The molecule has 5 rings (SSSR count). The number of fused-ring (bicyclic) bond motifs is 1. The smallest absolute Gasteiger partial charge is 0.338 e. The van der Waals surface area contributed by atoms with Crippen LogP contribution in [0.15, 0.2) is 80.6 Å². The first kappa shape index (κ1) is 23.3. The molecule has 2 aromatic heterocycles. The Hall–Kier alpha value is -4.40. The number of benzene rings is 1. The topological polar surface area (TPSA) is 114 Å². The van der Waals surface area contributed by atoms with Crippen LogP contribution in [0.25, 0.3) is 6.08 Å². The lowest BCUT2D eigenvalue weighted by molar-refractivity contribution is -0.137. The Balaban J connectivity index is 1.33.